The summed E-state index contributed by atoms with van der Waals surface area (Å²) in [5.74, 6) is -0.224. The molecule has 2 aromatic carbocycles. The van der Waals surface area contributed by atoms with E-state index in [0.29, 0.717) is 27.3 Å². The Morgan fingerprint density at radius 1 is 1.00 bits per heavy atom. The van der Waals surface area contributed by atoms with E-state index in [0.717, 1.165) is 0 Å². The minimum atomic E-state index is -0.224. The number of hydrogen-bond donors (Lipinski definition) is 1. The van der Waals surface area contributed by atoms with Crippen LogP contribution in [-0.2, 0) is 0 Å². The molecule has 3 aromatic rings. The lowest BCUT2D eigenvalue weighted by molar-refractivity contribution is 0.102. The van der Waals surface area contributed by atoms with Crippen molar-refractivity contribution in [3.63, 3.8) is 0 Å². The van der Waals surface area contributed by atoms with Crippen LogP contribution in [0.1, 0.15) is 10.4 Å². The van der Waals surface area contributed by atoms with Gasteiger partial charge in [-0.2, -0.15) is 0 Å². The maximum absolute atomic E-state index is 12.3. The van der Waals surface area contributed by atoms with Crippen LogP contribution in [0.5, 0.6) is 0 Å². The van der Waals surface area contributed by atoms with Crippen molar-refractivity contribution in [1.29, 1.82) is 0 Å². The summed E-state index contributed by atoms with van der Waals surface area (Å²) in [5.41, 5.74) is 2.45. The van der Waals surface area contributed by atoms with Crippen molar-refractivity contribution in [1.82, 2.24) is 9.97 Å². The van der Waals surface area contributed by atoms with E-state index in [1.165, 1.54) is 0 Å². The van der Waals surface area contributed by atoms with Gasteiger partial charge in [0.25, 0.3) is 5.91 Å². The molecule has 0 unspecified atom stereocenters. The van der Waals surface area contributed by atoms with E-state index in [9.17, 15) is 4.79 Å². The topological polar surface area (TPSA) is 54.9 Å². The molecule has 1 N–H and O–H groups in total. The fourth-order valence-electron chi connectivity index (χ4n) is 1.91. The number of halogens is 1. The van der Waals surface area contributed by atoms with Gasteiger partial charge in [-0.25, -0.2) is 0 Å². The Bertz CT molecular complexity index is 766. The molecular formula is C15H10ClN3O. The maximum Gasteiger partial charge on any atom is 0.257 e. The van der Waals surface area contributed by atoms with Crippen LogP contribution < -0.4 is 5.32 Å². The number of para-hydroxylation sites is 1. The highest BCUT2D eigenvalue weighted by Crippen LogP contribution is 2.17. The van der Waals surface area contributed by atoms with E-state index in [1.807, 2.05) is 6.07 Å². The highest BCUT2D eigenvalue weighted by molar-refractivity contribution is 6.30. The number of benzene rings is 2. The molecule has 0 saturated heterocycles. The molecule has 0 aliphatic carbocycles. The van der Waals surface area contributed by atoms with Crippen LogP contribution in [0, 0.1) is 0 Å². The summed E-state index contributed by atoms with van der Waals surface area (Å²) in [7, 11) is 0. The second-order valence-corrected chi connectivity index (χ2v) is 4.63. The van der Waals surface area contributed by atoms with E-state index in [1.54, 1.807) is 48.8 Å². The number of nitrogens with one attached hydrogen (secondary N) is 1. The van der Waals surface area contributed by atoms with E-state index >= 15 is 0 Å². The monoisotopic (exact) mass is 283 g/mol. The summed E-state index contributed by atoms with van der Waals surface area (Å²) in [6.45, 7) is 0. The standard InChI is InChI=1S/C15H10ClN3O/c16-10-4-6-11(7-5-10)19-15(20)12-2-1-3-13-14(12)18-9-8-17-13/h1-9H,(H,19,20). The lowest BCUT2D eigenvalue weighted by Crippen LogP contribution is -2.12. The molecule has 0 spiro atoms. The van der Waals surface area contributed by atoms with Crippen LogP contribution >= 0.6 is 11.6 Å². The fourth-order valence-corrected chi connectivity index (χ4v) is 2.03. The molecular weight excluding hydrogens is 274 g/mol. The maximum atomic E-state index is 12.3. The second kappa shape index (κ2) is 5.27. The van der Waals surface area contributed by atoms with Gasteiger partial charge in [0.1, 0.15) is 5.52 Å². The van der Waals surface area contributed by atoms with Crippen LogP contribution in [-0.4, -0.2) is 15.9 Å². The number of carbonyl (C=O) groups is 1. The molecule has 0 atom stereocenters. The van der Waals surface area contributed by atoms with Gasteiger partial charge in [0, 0.05) is 23.1 Å². The van der Waals surface area contributed by atoms with Crippen LogP contribution in [0.25, 0.3) is 11.0 Å². The van der Waals surface area contributed by atoms with E-state index in [2.05, 4.69) is 15.3 Å². The lowest BCUT2D eigenvalue weighted by atomic mass is 10.1. The van der Waals surface area contributed by atoms with Crippen molar-refractivity contribution < 1.29 is 4.79 Å². The first-order valence-corrected chi connectivity index (χ1v) is 6.38. The number of nitrogens with zero attached hydrogens (tertiary/aromatic N) is 2. The Labute approximate surface area is 120 Å². The SMILES string of the molecule is O=C(Nc1ccc(Cl)cc1)c1cccc2nccnc12. The minimum Gasteiger partial charge on any atom is -0.322 e. The predicted molar refractivity (Wildman–Crippen MR) is 78.9 cm³/mol. The van der Waals surface area contributed by atoms with Crippen LogP contribution in [0.15, 0.2) is 54.9 Å². The molecule has 0 bridgehead atoms. The van der Waals surface area contributed by atoms with Crippen molar-refractivity contribution >= 4 is 34.2 Å². The average Bonchev–Trinajstić information content (AvgIpc) is 2.49. The van der Waals surface area contributed by atoms with Crippen LogP contribution in [0.4, 0.5) is 5.69 Å². The predicted octanol–water partition coefficient (Wildman–Crippen LogP) is 3.54. The number of rotatable bonds is 2. The number of hydrogen-bond acceptors (Lipinski definition) is 3. The Hall–Kier alpha value is -2.46. The van der Waals surface area contributed by atoms with Gasteiger partial charge in [0.05, 0.1) is 11.1 Å². The summed E-state index contributed by atoms with van der Waals surface area (Å²) < 4.78 is 0. The molecule has 98 valence electrons. The van der Waals surface area contributed by atoms with Crippen molar-refractivity contribution in [2.24, 2.45) is 0 Å². The van der Waals surface area contributed by atoms with Gasteiger partial charge in [-0.3, -0.25) is 14.8 Å². The van der Waals surface area contributed by atoms with E-state index in [-0.39, 0.29) is 5.91 Å². The number of anilines is 1. The van der Waals surface area contributed by atoms with Gasteiger partial charge in [-0.05, 0) is 36.4 Å². The molecule has 1 amide bonds. The Kier molecular flexibility index (Phi) is 3.31. The molecule has 20 heavy (non-hydrogen) atoms. The van der Waals surface area contributed by atoms with Gasteiger partial charge in [-0.1, -0.05) is 17.7 Å². The zero-order chi connectivity index (χ0) is 13.9. The zero-order valence-corrected chi connectivity index (χ0v) is 11.1. The van der Waals surface area contributed by atoms with Crippen molar-refractivity contribution in [3.05, 3.63) is 65.4 Å². The number of carbonyl (C=O) groups excluding carboxylic acids is 1. The molecule has 0 fully saturated rings. The highest BCUT2D eigenvalue weighted by atomic mass is 35.5. The van der Waals surface area contributed by atoms with Gasteiger partial charge >= 0.3 is 0 Å². The molecule has 3 rings (SSSR count). The van der Waals surface area contributed by atoms with E-state index in [4.69, 9.17) is 11.6 Å². The largest absolute Gasteiger partial charge is 0.322 e. The molecule has 0 aliphatic heterocycles. The van der Waals surface area contributed by atoms with E-state index < -0.39 is 0 Å². The molecule has 1 heterocycles. The summed E-state index contributed by atoms with van der Waals surface area (Å²) >= 11 is 5.81. The first kappa shape index (κ1) is 12.6. The first-order chi connectivity index (χ1) is 9.74. The molecule has 1 aromatic heterocycles. The quantitative estimate of drug-likeness (QED) is 0.783. The van der Waals surface area contributed by atoms with Crippen molar-refractivity contribution in [3.8, 4) is 0 Å². The van der Waals surface area contributed by atoms with Gasteiger partial charge in [-0.15, -0.1) is 0 Å². The summed E-state index contributed by atoms with van der Waals surface area (Å²) in [4.78, 5) is 20.7. The summed E-state index contributed by atoms with van der Waals surface area (Å²) in [6, 6.07) is 12.3. The number of fused-ring (bicyclic) bond motifs is 1. The smallest absolute Gasteiger partial charge is 0.257 e. The summed E-state index contributed by atoms with van der Waals surface area (Å²) in [6.07, 6.45) is 3.17. The van der Waals surface area contributed by atoms with Crippen molar-refractivity contribution in [2.75, 3.05) is 5.32 Å². The van der Waals surface area contributed by atoms with Crippen LogP contribution in [0.2, 0.25) is 5.02 Å². The molecule has 0 aliphatic rings. The second-order valence-electron chi connectivity index (χ2n) is 4.19. The lowest BCUT2D eigenvalue weighted by Gasteiger charge is -2.07. The highest BCUT2D eigenvalue weighted by Gasteiger charge is 2.11. The normalized spacial score (nSPS) is 10.4. The minimum absolute atomic E-state index is 0.224. The Morgan fingerprint density at radius 3 is 2.55 bits per heavy atom. The van der Waals surface area contributed by atoms with Crippen molar-refractivity contribution in [2.45, 2.75) is 0 Å². The molecule has 0 saturated carbocycles. The number of amides is 1. The van der Waals surface area contributed by atoms with Gasteiger partial charge < -0.3 is 5.32 Å². The molecule has 0 radical (unpaired) electrons. The van der Waals surface area contributed by atoms with Gasteiger partial charge in [0.15, 0.2) is 0 Å². The molecule has 4 nitrogen and oxygen atoms in total. The average molecular weight is 284 g/mol. The zero-order valence-electron chi connectivity index (χ0n) is 10.4. The summed E-state index contributed by atoms with van der Waals surface area (Å²) in [5, 5.41) is 3.44. The Morgan fingerprint density at radius 2 is 1.75 bits per heavy atom. The van der Waals surface area contributed by atoms with Gasteiger partial charge in [0.2, 0.25) is 0 Å². The Balaban J connectivity index is 1.94. The van der Waals surface area contributed by atoms with Crippen LogP contribution in [0.3, 0.4) is 0 Å². The number of aromatic nitrogens is 2. The fraction of sp³-hybridized carbons (Fsp3) is 0. The first-order valence-electron chi connectivity index (χ1n) is 6.01. The molecule has 5 heteroatoms. The third kappa shape index (κ3) is 2.46. The third-order valence-electron chi connectivity index (χ3n) is 2.85. The third-order valence-corrected chi connectivity index (χ3v) is 3.10.